The summed E-state index contributed by atoms with van der Waals surface area (Å²) in [6, 6.07) is 0.416. The molecule has 1 saturated heterocycles. The Morgan fingerprint density at radius 3 is 2.69 bits per heavy atom. The first-order valence-electron chi connectivity index (χ1n) is 6.86. The van der Waals surface area contributed by atoms with Crippen LogP contribution in [0.2, 0.25) is 0 Å². The van der Waals surface area contributed by atoms with Gasteiger partial charge in [-0.1, -0.05) is 13.3 Å². The zero-order chi connectivity index (χ0) is 11.5. The monoisotopic (exact) mass is 226 g/mol. The molecule has 0 bridgehead atoms. The van der Waals surface area contributed by atoms with Gasteiger partial charge >= 0.3 is 0 Å². The lowest BCUT2D eigenvalue weighted by Crippen LogP contribution is -2.50. The van der Waals surface area contributed by atoms with Crippen LogP contribution < -0.4 is 5.73 Å². The molecule has 3 nitrogen and oxygen atoms in total. The van der Waals surface area contributed by atoms with E-state index in [-0.39, 0.29) is 18.7 Å². The van der Waals surface area contributed by atoms with Crippen molar-refractivity contribution in [2.75, 3.05) is 19.7 Å². The van der Waals surface area contributed by atoms with Crippen LogP contribution >= 0.6 is 0 Å². The van der Waals surface area contributed by atoms with E-state index in [0.29, 0.717) is 5.92 Å². The van der Waals surface area contributed by atoms with Gasteiger partial charge in [0.25, 0.3) is 0 Å². The van der Waals surface area contributed by atoms with Crippen LogP contribution in [-0.2, 0) is 0 Å². The van der Waals surface area contributed by atoms with E-state index >= 15 is 0 Å². The lowest BCUT2D eigenvalue weighted by atomic mass is 10.0. The van der Waals surface area contributed by atoms with E-state index in [4.69, 9.17) is 5.73 Å². The first kappa shape index (κ1) is 12.3. The fourth-order valence-corrected chi connectivity index (χ4v) is 3.08. The van der Waals surface area contributed by atoms with Crippen LogP contribution in [0.4, 0.5) is 0 Å². The van der Waals surface area contributed by atoms with Crippen LogP contribution in [0, 0.1) is 11.8 Å². The number of nitrogens with zero attached hydrogens (tertiary/aromatic N) is 1. The van der Waals surface area contributed by atoms with Crippen molar-refractivity contribution in [3.8, 4) is 0 Å². The summed E-state index contributed by atoms with van der Waals surface area (Å²) in [6.45, 7) is 4.77. The highest BCUT2D eigenvalue weighted by Gasteiger charge is 2.38. The fourth-order valence-electron chi connectivity index (χ4n) is 3.08. The van der Waals surface area contributed by atoms with Crippen molar-refractivity contribution >= 4 is 0 Å². The quantitative estimate of drug-likeness (QED) is 0.715. The Kier molecular flexibility index (Phi) is 4.22. The molecule has 3 unspecified atom stereocenters. The Morgan fingerprint density at radius 1 is 1.38 bits per heavy atom. The van der Waals surface area contributed by atoms with Crippen molar-refractivity contribution in [1.82, 2.24) is 4.90 Å². The predicted molar refractivity (Wildman–Crippen MR) is 66.2 cm³/mol. The fraction of sp³-hybridized carbons (Fsp3) is 1.00. The summed E-state index contributed by atoms with van der Waals surface area (Å²) in [5, 5.41) is 9.53. The molecule has 1 aliphatic heterocycles. The van der Waals surface area contributed by atoms with E-state index in [1.807, 2.05) is 0 Å². The van der Waals surface area contributed by atoms with Gasteiger partial charge in [-0.2, -0.15) is 0 Å². The summed E-state index contributed by atoms with van der Waals surface area (Å²) in [4.78, 5) is 2.43. The molecule has 0 radical (unpaired) electrons. The number of aliphatic hydroxyl groups is 1. The first-order valence-corrected chi connectivity index (χ1v) is 6.86. The van der Waals surface area contributed by atoms with Gasteiger partial charge in [-0.25, -0.2) is 0 Å². The maximum atomic E-state index is 9.53. The summed E-state index contributed by atoms with van der Waals surface area (Å²) in [6.07, 6.45) is 6.43. The van der Waals surface area contributed by atoms with Gasteiger partial charge in [-0.15, -0.1) is 0 Å². The van der Waals surface area contributed by atoms with Crippen molar-refractivity contribution < 1.29 is 5.11 Å². The lowest BCUT2D eigenvalue weighted by molar-refractivity contribution is 0.115. The third kappa shape index (κ3) is 2.76. The van der Waals surface area contributed by atoms with Crippen molar-refractivity contribution in [1.29, 1.82) is 0 Å². The van der Waals surface area contributed by atoms with E-state index in [2.05, 4.69) is 11.8 Å². The Bertz CT molecular complexity index is 218. The molecule has 3 N–H and O–H groups in total. The van der Waals surface area contributed by atoms with Crippen molar-refractivity contribution in [3.05, 3.63) is 0 Å². The van der Waals surface area contributed by atoms with Crippen molar-refractivity contribution in [2.45, 2.75) is 51.1 Å². The minimum Gasteiger partial charge on any atom is -0.395 e. The average molecular weight is 226 g/mol. The molecule has 1 heterocycles. The standard InChI is InChI=1S/C13H26N2O/c1-2-3-10-6-7-15(8-10)12(9-16)13(14)11-4-5-11/h10-13,16H,2-9,14H2,1H3. The second kappa shape index (κ2) is 5.48. The summed E-state index contributed by atoms with van der Waals surface area (Å²) in [7, 11) is 0. The van der Waals surface area contributed by atoms with Gasteiger partial charge in [0.05, 0.1) is 6.61 Å². The van der Waals surface area contributed by atoms with Crippen molar-refractivity contribution in [3.63, 3.8) is 0 Å². The van der Waals surface area contributed by atoms with Crippen LogP contribution in [0.3, 0.4) is 0 Å². The largest absolute Gasteiger partial charge is 0.395 e. The normalized spacial score (nSPS) is 30.6. The van der Waals surface area contributed by atoms with Crippen LogP contribution in [0.1, 0.15) is 39.0 Å². The van der Waals surface area contributed by atoms with Crippen LogP contribution in [0.25, 0.3) is 0 Å². The zero-order valence-electron chi connectivity index (χ0n) is 10.4. The number of nitrogens with two attached hydrogens (primary N) is 1. The summed E-state index contributed by atoms with van der Waals surface area (Å²) < 4.78 is 0. The van der Waals surface area contributed by atoms with Gasteiger partial charge in [0, 0.05) is 18.6 Å². The van der Waals surface area contributed by atoms with Gasteiger partial charge in [0.15, 0.2) is 0 Å². The van der Waals surface area contributed by atoms with Crippen LogP contribution in [0.15, 0.2) is 0 Å². The SMILES string of the molecule is CCCC1CCN(C(CO)C(N)C2CC2)C1. The maximum absolute atomic E-state index is 9.53. The molecule has 0 aromatic rings. The molecule has 1 saturated carbocycles. The minimum absolute atomic E-state index is 0.199. The maximum Gasteiger partial charge on any atom is 0.0602 e. The van der Waals surface area contributed by atoms with E-state index in [1.165, 1.54) is 32.1 Å². The Balaban J connectivity index is 1.85. The van der Waals surface area contributed by atoms with Gasteiger partial charge in [-0.05, 0) is 44.1 Å². The Hall–Kier alpha value is -0.120. The molecular weight excluding hydrogens is 200 g/mol. The Morgan fingerprint density at radius 2 is 2.12 bits per heavy atom. The molecule has 2 rings (SSSR count). The second-order valence-corrected chi connectivity index (χ2v) is 5.60. The highest BCUT2D eigenvalue weighted by molar-refractivity contribution is 4.95. The van der Waals surface area contributed by atoms with Gasteiger partial charge in [-0.3, -0.25) is 4.90 Å². The topological polar surface area (TPSA) is 49.5 Å². The molecule has 2 aliphatic rings. The smallest absolute Gasteiger partial charge is 0.0602 e. The van der Waals surface area contributed by atoms with Crippen LogP contribution in [0.5, 0.6) is 0 Å². The van der Waals surface area contributed by atoms with Gasteiger partial charge in [0.1, 0.15) is 0 Å². The third-order valence-electron chi connectivity index (χ3n) is 4.28. The molecule has 3 atom stereocenters. The highest BCUT2D eigenvalue weighted by Crippen LogP contribution is 2.35. The van der Waals surface area contributed by atoms with Gasteiger partial charge in [0.2, 0.25) is 0 Å². The Labute approximate surface area is 99.0 Å². The van der Waals surface area contributed by atoms with E-state index in [9.17, 15) is 5.11 Å². The zero-order valence-corrected chi connectivity index (χ0v) is 10.4. The molecule has 1 aliphatic carbocycles. The number of rotatable bonds is 6. The summed E-state index contributed by atoms with van der Waals surface area (Å²) >= 11 is 0. The minimum atomic E-state index is 0.199. The molecule has 3 heteroatoms. The first-order chi connectivity index (χ1) is 7.76. The van der Waals surface area contributed by atoms with Crippen LogP contribution in [-0.4, -0.2) is 41.8 Å². The van der Waals surface area contributed by atoms with Gasteiger partial charge < -0.3 is 10.8 Å². The molecule has 0 aromatic heterocycles. The molecule has 2 fully saturated rings. The summed E-state index contributed by atoms with van der Waals surface area (Å²) in [5.41, 5.74) is 6.23. The number of hydrogen-bond acceptors (Lipinski definition) is 3. The molecule has 16 heavy (non-hydrogen) atoms. The van der Waals surface area contributed by atoms with E-state index in [1.54, 1.807) is 0 Å². The predicted octanol–water partition coefficient (Wildman–Crippen LogP) is 1.21. The highest BCUT2D eigenvalue weighted by atomic mass is 16.3. The second-order valence-electron chi connectivity index (χ2n) is 5.60. The third-order valence-corrected chi connectivity index (χ3v) is 4.28. The summed E-state index contributed by atoms with van der Waals surface area (Å²) in [5.74, 6) is 1.52. The average Bonchev–Trinajstić information content (AvgIpc) is 3.03. The lowest BCUT2D eigenvalue weighted by Gasteiger charge is -2.31. The van der Waals surface area contributed by atoms with Crippen molar-refractivity contribution in [2.24, 2.45) is 17.6 Å². The molecule has 0 spiro atoms. The molecular formula is C13H26N2O. The molecule has 0 aromatic carbocycles. The number of hydrogen-bond donors (Lipinski definition) is 2. The number of aliphatic hydroxyl groups excluding tert-OH is 1. The van der Waals surface area contributed by atoms with E-state index < -0.39 is 0 Å². The van der Waals surface area contributed by atoms with E-state index in [0.717, 1.165) is 19.0 Å². The molecule has 0 amide bonds. The molecule has 94 valence electrons. The number of likely N-dealkylation sites (tertiary alicyclic amines) is 1.